The number of nitrogens with zero attached hydrogens (tertiary/aromatic N) is 2. The third kappa shape index (κ3) is 2.73. The summed E-state index contributed by atoms with van der Waals surface area (Å²) in [5.41, 5.74) is 1.40. The summed E-state index contributed by atoms with van der Waals surface area (Å²) in [5.74, 6) is 0.457. The van der Waals surface area contributed by atoms with Gasteiger partial charge in [-0.1, -0.05) is 28.8 Å². The van der Waals surface area contributed by atoms with Crippen molar-refractivity contribution in [2.75, 3.05) is 5.32 Å². The minimum absolute atomic E-state index is 0.271. The zero-order valence-electron chi connectivity index (χ0n) is 11.4. The minimum Gasteiger partial charge on any atom is -0.323 e. The molecule has 0 atom stereocenters. The van der Waals surface area contributed by atoms with Gasteiger partial charge in [0.1, 0.15) is 5.82 Å². The highest BCUT2D eigenvalue weighted by Gasteiger charge is 2.20. The van der Waals surface area contributed by atoms with Gasteiger partial charge in [-0.05, 0) is 38.0 Å². The fraction of sp³-hybridized carbons (Fsp3) is 0.400. The Kier molecular flexibility index (Phi) is 3.78. The zero-order valence-corrected chi connectivity index (χ0v) is 13.0. The van der Waals surface area contributed by atoms with E-state index in [1.54, 1.807) is 12.1 Å². The van der Waals surface area contributed by atoms with Crippen LogP contribution >= 0.6 is 15.9 Å². The number of rotatable bonds is 3. The van der Waals surface area contributed by atoms with E-state index in [0.29, 0.717) is 11.7 Å². The van der Waals surface area contributed by atoms with Crippen LogP contribution < -0.4 is 5.32 Å². The van der Waals surface area contributed by atoms with Gasteiger partial charge in [-0.25, -0.2) is 9.37 Å². The van der Waals surface area contributed by atoms with Crippen molar-refractivity contribution < 1.29 is 4.39 Å². The van der Waals surface area contributed by atoms with Crippen LogP contribution in [0.15, 0.2) is 28.9 Å². The van der Waals surface area contributed by atoms with Crippen molar-refractivity contribution in [3.63, 3.8) is 0 Å². The van der Waals surface area contributed by atoms with Crippen molar-refractivity contribution in [3.05, 3.63) is 40.4 Å². The minimum atomic E-state index is -0.271. The summed E-state index contributed by atoms with van der Waals surface area (Å²) in [5, 5.41) is 3.13. The molecular weight excluding hydrogens is 321 g/mol. The summed E-state index contributed by atoms with van der Waals surface area (Å²) in [6.07, 6.45) is 6.91. The van der Waals surface area contributed by atoms with Crippen molar-refractivity contribution in [2.45, 2.75) is 38.6 Å². The molecule has 0 aliphatic heterocycles. The average molecular weight is 338 g/mol. The van der Waals surface area contributed by atoms with E-state index in [4.69, 9.17) is 0 Å². The van der Waals surface area contributed by atoms with Gasteiger partial charge in [-0.15, -0.1) is 0 Å². The SMILES string of the molecule is Cc1cn(C2CCCC2)c(Nc2cc(Br)ccc2F)n1. The van der Waals surface area contributed by atoms with E-state index in [1.807, 2.05) is 13.1 Å². The molecule has 0 amide bonds. The van der Waals surface area contributed by atoms with Gasteiger partial charge in [0.2, 0.25) is 5.95 Å². The molecule has 5 heteroatoms. The molecule has 1 saturated carbocycles. The van der Waals surface area contributed by atoms with Crippen molar-refractivity contribution >= 4 is 27.6 Å². The van der Waals surface area contributed by atoms with Gasteiger partial charge in [0, 0.05) is 16.7 Å². The van der Waals surface area contributed by atoms with Crippen molar-refractivity contribution in [3.8, 4) is 0 Å². The number of imidazole rings is 1. The molecule has 1 N–H and O–H groups in total. The van der Waals surface area contributed by atoms with Crippen molar-refractivity contribution in [1.29, 1.82) is 0 Å². The summed E-state index contributed by atoms with van der Waals surface area (Å²) in [4.78, 5) is 4.49. The molecule has 1 aromatic carbocycles. The Morgan fingerprint density at radius 2 is 2.10 bits per heavy atom. The third-order valence-electron chi connectivity index (χ3n) is 3.75. The molecule has 2 aromatic rings. The highest BCUT2D eigenvalue weighted by molar-refractivity contribution is 9.10. The van der Waals surface area contributed by atoms with Crippen LogP contribution in [0.1, 0.15) is 37.4 Å². The van der Waals surface area contributed by atoms with Gasteiger partial charge in [0.15, 0.2) is 0 Å². The number of hydrogen-bond acceptors (Lipinski definition) is 2. The molecule has 20 heavy (non-hydrogen) atoms. The highest BCUT2D eigenvalue weighted by Crippen LogP contribution is 2.33. The first-order valence-corrected chi connectivity index (χ1v) is 7.70. The smallest absolute Gasteiger partial charge is 0.207 e. The van der Waals surface area contributed by atoms with Crippen LogP contribution in [-0.2, 0) is 0 Å². The Morgan fingerprint density at radius 3 is 2.85 bits per heavy atom. The molecule has 1 heterocycles. The van der Waals surface area contributed by atoms with Crippen LogP contribution in [0.3, 0.4) is 0 Å². The maximum atomic E-state index is 13.9. The second kappa shape index (κ2) is 5.56. The molecule has 3 nitrogen and oxygen atoms in total. The number of hydrogen-bond donors (Lipinski definition) is 1. The van der Waals surface area contributed by atoms with Crippen LogP contribution in [0.2, 0.25) is 0 Å². The Morgan fingerprint density at radius 1 is 1.35 bits per heavy atom. The van der Waals surface area contributed by atoms with E-state index in [1.165, 1.54) is 31.7 Å². The number of nitrogens with one attached hydrogen (secondary N) is 1. The summed E-state index contributed by atoms with van der Waals surface area (Å²) >= 11 is 3.37. The summed E-state index contributed by atoms with van der Waals surface area (Å²) in [7, 11) is 0. The number of aromatic nitrogens is 2. The lowest BCUT2D eigenvalue weighted by atomic mass is 10.2. The van der Waals surface area contributed by atoms with Gasteiger partial charge in [-0.2, -0.15) is 0 Å². The fourth-order valence-electron chi connectivity index (χ4n) is 2.78. The lowest BCUT2D eigenvalue weighted by Gasteiger charge is -2.16. The first kappa shape index (κ1) is 13.6. The lowest BCUT2D eigenvalue weighted by molar-refractivity contribution is 0.524. The first-order valence-electron chi connectivity index (χ1n) is 6.91. The van der Waals surface area contributed by atoms with E-state index < -0.39 is 0 Å². The lowest BCUT2D eigenvalue weighted by Crippen LogP contribution is -2.08. The quantitative estimate of drug-likeness (QED) is 0.858. The molecular formula is C15H17BrFN3. The van der Waals surface area contributed by atoms with Crippen LogP contribution in [-0.4, -0.2) is 9.55 Å². The monoisotopic (exact) mass is 337 g/mol. The normalized spacial score (nSPS) is 15.8. The zero-order chi connectivity index (χ0) is 14.1. The van der Waals surface area contributed by atoms with E-state index in [9.17, 15) is 4.39 Å². The topological polar surface area (TPSA) is 29.9 Å². The average Bonchev–Trinajstić information content (AvgIpc) is 3.03. The summed E-state index contributed by atoms with van der Waals surface area (Å²) in [6, 6.07) is 5.35. The molecule has 0 radical (unpaired) electrons. The molecule has 0 spiro atoms. The maximum absolute atomic E-state index is 13.9. The predicted molar refractivity (Wildman–Crippen MR) is 81.9 cm³/mol. The largest absolute Gasteiger partial charge is 0.323 e. The number of halogens is 2. The Hall–Kier alpha value is -1.36. The fourth-order valence-corrected chi connectivity index (χ4v) is 3.14. The van der Waals surface area contributed by atoms with Gasteiger partial charge < -0.3 is 9.88 Å². The molecule has 1 aliphatic rings. The second-order valence-corrected chi connectivity index (χ2v) is 6.22. The van der Waals surface area contributed by atoms with Gasteiger partial charge in [0.05, 0.1) is 11.4 Å². The van der Waals surface area contributed by atoms with E-state index in [2.05, 4.69) is 30.8 Å². The molecule has 3 rings (SSSR count). The van der Waals surface area contributed by atoms with Crippen LogP contribution in [0, 0.1) is 12.7 Å². The highest BCUT2D eigenvalue weighted by atomic mass is 79.9. The van der Waals surface area contributed by atoms with Gasteiger partial charge in [0.25, 0.3) is 0 Å². The molecule has 0 unspecified atom stereocenters. The molecule has 106 valence electrons. The maximum Gasteiger partial charge on any atom is 0.207 e. The van der Waals surface area contributed by atoms with Crippen molar-refractivity contribution in [2.24, 2.45) is 0 Å². The molecule has 1 aromatic heterocycles. The van der Waals surface area contributed by atoms with E-state index in [0.717, 1.165) is 16.1 Å². The van der Waals surface area contributed by atoms with E-state index in [-0.39, 0.29) is 5.82 Å². The predicted octanol–water partition coefficient (Wildman–Crippen LogP) is 4.95. The van der Waals surface area contributed by atoms with Gasteiger partial charge >= 0.3 is 0 Å². The second-order valence-electron chi connectivity index (χ2n) is 5.30. The van der Waals surface area contributed by atoms with Crippen LogP contribution in [0.25, 0.3) is 0 Å². The Balaban J connectivity index is 1.92. The van der Waals surface area contributed by atoms with Gasteiger partial charge in [-0.3, -0.25) is 0 Å². The number of benzene rings is 1. The Bertz CT molecular complexity index is 618. The van der Waals surface area contributed by atoms with Crippen molar-refractivity contribution in [1.82, 2.24) is 9.55 Å². The Labute approximate surface area is 126 Å². The first-order chi connectivity index (χ1) is 9.63. The third-order valence-corrected chi connectivity index (χ3v) is 4.24. The van der Waals surface area contributed by atoms with Crippen LogP contribution in [0.5, 0.6) is 0 Å². The van der Waals surface area contributed by atoms with Crippen LogP contribution in [0.4, 0.5) is 16.0 Å². The molecule has 1 aliphatic carbocycles. The molecule has 1 fully saturated rings. The number of aryl methyl sites for hydroxylation is 1. The summed E-state index contributed by atoms with van der Waals surface area (Å²) in [6.45, 7) is 1.97. The molecule has 0 bridgehead atoms. The molecule has 0 saturated heterocycles. The standard InChI is InChI=1S/C15H17BrFN3/c1-10-9-20(12-4-2-3-5-12)15(18-10)19-14-8-11(16)6-7-13(14)17/h6-9,12H,2-5H2,1H3,(H,18,19). The summed E-state index contributed by atoms with van der Waals surface area (Å²) < 4.78 is 16.9. The number of anilines is 2. The van der Waals surface area contributed by atoms with E-state index >= 15 is 0 Å².